The molecule has 0 aliphatic heterocycles. The number of carbonyl (C=O) groups excluding carboxylic acids is 1. The third kappa shape index (κ3) is 8.73. The molecule has 0 spiro atoms. The van der Waals surface area contributed by atoms with E-state index in [0.29, 0.717) is 17.6 Å². The van der Waals surface area contributed by atoms with Gasteiger partial charge in [-0.3, -0.25) is 4.79 Å². The van der Waals surface area contributed by atoms with Crippen molar-refractivity contribution in [2.24, 2.45) is 17.8 Å². The topological polar surface area (TPSA) is 26.3 Å². The van der Waals surface area contributed by atoms with Gasteiger partial charge in [0.2, 0.25) is 0 Å². The second-order valence-corrected chi connectivity index (χ2v) is 6.46. The number of Topliss-reactive ketones (excluding diaryl/α,β-unsaturated/α-hetero) is 1. The van der Waals surface area contributed by atoms with E-state index in [0.717, 1.165) is 32.3 Å². The van der Waals surface area contributed by atoms with E-state index in [1.807, 2.05) is 0 Å². The maximum atomic E-state index is 12.4. The number of ketones is 1. The molecule has 2 unspecified atom stereocenters. The van der Waals surface area contributed by atoms with E-state index in [-0.39, 0.29) is 5.92 Å². The molecule has 2 heteroatoms. The van der Waals surface area contributed by atoms with E-state index in [2.05, 4.69) is 27.7 Å². The lowest BCUT2D eigenvalue weighted by atomic mass is 9.84. The summed E-state index contributed by atoms with van der Waals surface area (Å²) < 4.78 is 5.31. The molecule has 120 valence electrons. The Morgan fingerprint density at radius 2 is 1.70 bits per heavy atom. The fraction of sp³-hybridized carbons (Fsp3) is 0.944. The SMILES string of the molecule is CCCCCC(CCC(=O)C(CCC)C(C)C)COC. The fourth-order valence-corrected chi connectivity index (χ4v) is 2.94. The number of hydrogen-bond acceptors (Lipinski definition) is 2. The monoisotopic (exact) mass is 284 g/mol. The van der Waals surface area contributed by atoms with Crippen LogP contribution in [0.5, 0.6) is 0 Å². The molecular weight excluding hydrogens is 248 g/mol. The third-order valence-corrected chi connectivity index (χ3v) is 4.24. The van der Waals surface area contributed by atoms with Crippen LogP contribution in [0.2, 0.25) is 0 Å². The highest BCUT2D eigenvalue weighted by Gasteiger charge is 2.21. The van der Waals surface area contributed by atoms with Crippen LogP contribution in [0.25, 0.3) is 0 Å². The average molecular weight is 284 g/mol. The van der Waals surface area contributed by atoms with Gasteiger partial charge in [-0.1, -0.05) is 53.4 Å². The standard InChI is InChI=1S/C18H36O2/c1-6-8-9-11-16(14-20-5)12-13-18(19)17(10-7-2)15(3)4/h15-17H,6-14H2,1-5H3. The maximum absolute atomic E-state index is 12.4. The molecular formula is C18H36O2. The van der Waals surface area contributed by atoms with E-state index in [9.17, 15) is 4.79 Å². The summed E-state index contributed by atoms with van der Waals surface area (Å²) in [5.41, 5.74) is 0. The van der Waals surface area contributed by atoms with Gasteiger partial charge in [-0.25, -0.2) is 0 Å². The zero-order chi connectivity index (χ0) is 15.4. The molecule has 0 rings (SSSR count). The van der Waals surface area contributed by atoms with Gasteiger partial charge in [0.15, 0.2) is 0 Å². The minimum atomic E-state index is 0.263. The van der Waals surface area contributed by atoms with Gasteiger partial charge in [0.25, 0.3) is 0 Å². The molecule has 0 fully saturated rings. The van der Waals surface area contributed by atoms with E-state index in [1.54, 1.807) is 7.11 Å². The van der Waals surface area contributed by atoms with Crippen LogP contribution in [0.1, 0.15) is 79.1 Å². The van der Waals surface area contributed by atoms with Crippen molar-refractivity contribution in [2.75, 3.05) is 13.7 Å². The summed E-state index contributed by atoms with van der Waals surface area (Å²) in [6.07, 6.45) is 8.90. The smallest absolute Gasteiger partial charge is 0.136 e. The zero-order valence-electron chi connectivity index (χ0n) is 14.4. The van der Waals surface area contributed by atoms with Crippen molar-refractivity contribution in [3.63, 3.8) is 0 Å². The Labute approximate surface area is 126 Å². The molecule has 0 saturated carbocycles. The second kappa shape index (κ2) is 12.4. The molecule has 0 aromatic rings. The van der Waals surface area contributed by atoms with Gasteiger partial charge in [-0.15, -0.1) is 0 Å². The van der Waals surface area contributed by atoms with E-state index in [1.165, 1.54) is 25.7 Å². The quantitative estimate of drug-likeness (QED) is 0.432. The highest BCUT2D eigenvalue weighted by Crippen LogP contribution is 2.23. The normalized spacial score (nSPS) is 14.5. The first-order valence-corrected chi connectivity index (χ1v) is 8.58. The van der Waals surface area contributed by atoms with Crippen molar-refractivity contribution in [1.82, 2.24) is 0 Å². The van der Waals surface area contributed by atoms with Crippen LogP contribution >= 0.6 is 0 Å². The van der Waals surface area contributed by atoms with Crippen molar-refractivity contribution in [3.05, 3.63) is 0 Å². The number of methoxy groups -OCH3 is 1. The molecule has 0 heterocycles. The van der Waals surface area contributed by atoms with Crippen LogP contribution in [0.3, 0.4) is 0 Å². The number of carbonyl (C=O) groups is 1. The highest BCUT2D eigenvalue weighted by atomic mass is 16.5. The summed E-state index contributed by atoms with van der Waals surface area (Å²) >= 11 is 0. The Morgan fingerprint density at radius 3 is 2.20 bits per heavy atom. The van der Waals surface area contributed by atoms with E-state index in [4.69, 9.17) is 4.74 Å². The molecule has 2 atom stereocenters. The maximum Gasteiger partial charge on any atom is 0.136 e. The van der Waals surface area contributed by atoms with Gasteiger partial charge in [0.1, 0.15) is 5.78 Å². The summed E-state index contributed by atoms with van der Waals surface area (Å²) in [5.74, 6) is 1.77. The van der Waals surface area contributed by atoms with Gasteiger partial charge in [0.05, 0.1) is 0 Å². The third-order valence-electron chi connectivity index (χ3n) is 4.24. The van der Waals surface area contributed by atoms with Gasteiger partial charge in [0, 0.05) is 26.1 Å². The van der Waals surface area contributed by atoms with E-state index < -0.39 is 0 Å². The fourth-order valence-electron chi connectivity index (χ4n) is 2.94. The first kappa shape index (κ1) is 19.6. The molecule has 20 heavy (non-hydrogen) atoms. The zero-order valence-corrected chi connectivity index (χ0v) is 14.4. The Hall–Kier alpha value is -0.370. The predicted octanol–water partition coefficient (Wildman–Crippen LogP) is 5.25. The molecule has 0 aliphatic carbocycles. The van der Waals surface area contributed by atoms with Gasteiger partial charge in [-0.2, -0.15) is 0 Å². The Kier molecular flexibility index (Phi) is 12.1. The molecule has 0 N–H and O–H groups in total. The number of unbranched alkanes of at least 4 members (excludes halogenated alkanes) is 2. The van der Waals surface area contributed by atoms with Crippen LogP contribution in [0.15, 0.2) is 0 Å². The Balaban J connectivity index is 4.19. The van der Waals surface area contributed by atoms with Gasteiger partial charge < -0.3 is 4.74 Å². The Bertz CT molecular complexity index is 236. The summed E-state index contributed by atoms with van der Waals surface area (Å²) in [7, 11) is 1.77. The number of rotatable bonds is 13. The number of ether oxygens (including phenoxy) is 1. The minimum Gasteiger partial charge on any atom is -0.384 e. The largest absolute Gasteiger partial charge is 0.384 e. The lowest BCUT2D eigenvalue weighted by Crippen LogP contribution is -2.21. The average Bonchev–Trinajstić information content (AvgIpc) is 2.41. The number of hydrogen-bond donors (Lipinski definition) is 0. The van der Waals surface area contributed by atoms with Crippen molar-refractivity contribution >= 4 is 5.78 Å². The lowest BCUT2D eigenvalue weighted by molar-refractivity contribution is -0.124. The molecule has 0 aromatic heterocycles. The summed E-state index contributed by atoms with van der Waals surface area (Å²) in [4.78, 5) is 12.4. The van der Waals surface area contributed by atoms with Crippen molar-refractivity contribution in [2.45, 2.75) is 79.1 Å². The first-order chi connectivity index (χ1) is 9.56. The minimum absolute atomic E-state index is 0.263. The molecule has 2 nitrogen and oxygen atoms in total. The molecule has 0 bridgehead atoms. The summed E-state index contributed by atoms with van der Waals surface area (Å²) in [6, 6.07) is 0. The molecule has 0 aromatic carbocycles. The van der Waals surface area contributed by atoms with Crippen molar-refractivity contribution < 1.29 is 9.53 Å². The van der Waals surface area contributed by atoms with E-state index >= 15 is 0 Å². The predicted molar refractivity (Wildman–Crippen MR) is 87.0 cm³/mol. The highest BCUT2D eigenvalue weighted by molar-refractivity contribution is 5.81. The van der Waals surface area contributed by atoms with Crippen LogP contribution in [-0.2, 0) is 9.53 Å². The van der Waals surface area contributed by atoms with Crippen LogP contribution in [0, 0.1) is 17.8 Å². The molecule has 0 amide bonds. The van der Waals surface area contributed by atoms with Crippen molar-refractivity contribution in [1.29, 1.82) is 0 Å². The van der Waals surface area contributed by atoms with Crippen LogP contribution in [-0.4, -0.2) is 19.5 Å². The summed E-state index contributed by atoms with van der Waals surface area (Å²) in [6.45, 7) is 9.54. The van der Waals surface area contributed by atoms with Gasteiger partial charge >= 0.3 is 0 Å². The van der Waals surface area contributed by atoms with Crippen LogP contribution < -0.4 is 0 Å². The van der Waals surface area contributed by atoms with Crippen LogP contribution in [0.4, 0.5) is 0 Å². The molecule has 0 saturated heterocycles. The first-order valence-electron chi connectivity index (χ1n) is 8.58. The van der Waals surface area contributed by atoms with Gasteiger partial charge in [-0.05, 0) is 31.1 Å². The molecule has 0 aliphatic rings. The van der Waals surface area contributed by atoms with Crippen molar-refractivity contribution in [3.8, 4) is 0 Å². The summed E-state index contributed by atoms with van der Waals surface area (Å²) in [5, 5.41) is 0. The molecule has 0 radical (unpaired) electrons. The second-order valence-electron chi connectivity index (χ2n) is 6.46. The Morgan fingerprint density at radius 1 is 1.00 bits per heavy atom. The lowest BCUT2D eigenvalue weighted by Gasteiger charge is -2.21.